The molecular weight excluding hydrogens is 249 g/mol. The molecule has 1 saturated heterocycles. The number of rotatable bonds is 5. The number of hydrogen-bond acceptors (Lipinski definition) is 4. The molecule has 0 aliphatic carbocycles. The van der Waals surface area contributed by atoms with Crippen molar-refractivity contribution in [2.24, 2.45) is 0 Å². The van der Waals surface area contributed by atoms with Gasteiger partial charge in [-0.15, -0.1) is 0 Å². The maximum atomic E-state index is 13.0. The number of hydrogen-bond donors (Lipinski definition) is 1. The zero-order valence-corrected chi connectivity index (χ0v) is 11.0. The molecule has 1 aromatic heterocycles. The van der Waals surface area contributed by atoms with E-state index < -0.39 is 11.8 Å². The Hall–Kier alpha value is -1.69. The van der Waals surface area contributed by atoms with Crippen LogP contribution in [-0.4, -0.2) is 54.2 Å². The lowest BCUT2D eigenvalue weighted by atomic mass is 10.2. The number of carbonyl (C=O) groups is 1. The summed E-state index contributed by atoms with van der Waals surface area (Å²) >= 11 is 0. The molecule has 1 N–H and O–H groups in total. The Bertz CT molecular complexity index is 461. The zero-order chi connectivity index (χ0) is 13.8. The maximum Gasteiger partial charge on any atom is 0.339 e. The molecule has 0 atom stereocenters. The molecule has 2 rings (SSSR count). The Morgan fingerprint density at radius 1 is 1.53 bits per heavy atom. The molecule has 2 heterocycles. The number of halogens is 1. The normalized spacial score (nSPS) is 15.7. The maximum absolute atomic E-state index is 13.0. The van der Waals surface area contributed by atoms with Gasteiger partial charge in [0.15, 0.2) is 0 Å². The Balaban J connectivity index is 2.05. The molecule has 1 aromatic rings. The fraction of sp³-hybridized carbons (Fsp3) is 0.538. The van der Waals surface area contributed by atoms with Crippen LogP contribution in [0.25, 0.3) is 0 Å². The van der Waals surface area contributed by atoms with Crippen molar-refractivity contribution in [3.05, 3.63) is 23.6 Å². The second kappa shape index (κ2) is 5.97. The lowest BCUT2D eigenvalue weighted by molar-refractivity contribution is 0.0696. The summed E-state index contributed by atoms with van der Waals surface area (Å²) in [5, 5.41) is 9.07. The number of pyridine rings is 1. The standard InChI is InChI=1S/C13H18FN3O2/c1-16(6-7-17-4-2-3-5-17)12-11(13(18)19)8-10(14)9-15-12/h8-9H,2-7H2,1H3,(H,18,19). The van der Waals surface area contributed by atoms with E-state index in [2.05, 4.69) is 9.88 Å². The summed E-state index contributed by atoms with van der Waals surface area (Å²) in [6.45, 7) is 3.74. The van der Waals surface area contributed by atoms with Gasteiger partial charge in [-0.05, 0) is 32.0 Å². The Kier molecular flexibility index (Phi) is 4.31. The summed E-state index contributed by atoms with van der Waals surface area (Å²) in [4.78, 5) is 19.1. The van der Waals surface area contributed by atoms with Crippen molar-refractivity contribution in [1.82, 2.24) is 9.88 Å². The molecule has 6 heteroatoms. The van der Waals surface area contributed by atoms with Crippen LogP contribution in [0.3, 0.4) is 0 Å². The number of anilines is 1. The third-order valence-corrected chi connectivity index (χ3v) is 3.38. The average molecular weight is 267 g/mol. The van der Waals surface area contributed by atoms with E-state index >= 15 is 0 Å². The summed E-state index contributed by atoms with van der Waals surface area (Å²) in [6, 6.07) is 1.01. The van der Waals surface area contributed by atoms with Crippen molar-refractivity contribution < 1.29 is 14.3 Å². The first-order chi connectivity index (χ1) is 9.08. The molecule has 104 valence electrons. The minimum absolute atomic E-state index is 0.0936. The topological polar surface area (TPSA) is 56.7 Å². The van der Waals surface area contributed by atoms with Gasteiger partial charge in [-0.3, -0.25) is 0 Å². The van der Waals surface area contributed by atoms with Crippen LogP contribution in [0.2, 0.25) is 0 Å². The number of aromatic carboxylic acids is 1. The monoisotopic (exact) mass is 267 g/mol. The summed E-state index contributed by atoms with van der Waals surface area (Å²) in [7, 11) is 1.78. The smallest absolute Gasteiger partial charge is 0.339 e. The third kappa shape index (κ3) is 3.41. The Labute approximate surface area is 111 Å². The molecule has 5 nitrogen and oxygen atoms in total. The minimum atomic E-state index is -1.16. The molecule has 0 radical (unpaired) electrons. The second-order valence-electron chi connectivity index (χ2n) is 4.80. The van der Waals surface area contributed by atoms with E-state index in [9.17, 15) is 9.18 Å². The van der Waals surface area contributed by atoms with E-state index in [0.29, 0.717) is 12.4 Å². The summed E-state index contributed by atoms with van der Waals surface area (Å²) < 4.78 is 13.0. The number of likely N-dealkylation sites (tertiary alicyclic amines) is 1. The molecule has 0 aromatic carbocycles. The molecule has 0 amide bonds. The van der Waals surface area contributed by atoms with Gasteiger partial charge in [0, 0.05) is 20.1 Å². The summed E-state index contributed by atoms with van der Waals surface area (Å²) in [5.74, 6) is -1.47. The van der Waals surface area contributed by atoms with E-state index in [4.69, 9.17) is 5.11 Å². The highest BCUT2D eigenvalue weighted by molar-refractivity contribution is 5.93. The highest BCUT2D eigenvalue weighted by atomic mass is 19.1. The van der Waals surface area contributed by atoms with Gasteiger partial charge < -0.3 is 14.9 Å². The third-order valence-electron chi connectivity index (χ3n) is 3.38. The molecule has 1 fully saturated rings. The first-order valence-corrected chi connectivity index (χ1v) is 6.40. The Morgan fingerprint density at radius 2 is 2.21 bits per heavy atom. The SMILES string of the molecule is CN(CCN1CCCC1)c1ncc(F)cc1C(=O)O. The zero-order valence-electron chi connectivity index (χ0n) is 11.0. The lowest BCUT2D eigenvalue weighted by Gasteiger charge is -2.23. The van der Waals surface area contributed by atoms with Gasteiger partial charge in [-0.25, -0.2) is 14.2 Å². The Morgan fingerprint density at radius 3 is 2.84 bits per heavy atom. The second-order valence-corrected chi connectivity index (χ2v) is 4.80. The quantitative estimate of drug-likeness (QED) is 0.875. The minimum Gasteiger partial charge on any atom is -0.478 e. The van der Waals surface area contributed by atoms with E-state index in [1.807, 2.05) is 0 Å². The molecule has 1 aliphatic heterocycles. The van der Waals surface area contributed by atoms with Crippen LogP contribution in [0.5, 0.6) is 0 Å². The number of carboxylic acid groups (broad SMARTS) is 1. The number of nitrogens with zero attached hydrogens (tertiary/aromatic N) is 3. The average Bonchev–Trinajstić information content (AvgIpc) is 2.88. The van der Waals surface area contributed by atoms with Gasteiger partial charge in [-0.2, -0.15) is 0 Å². The van der Waals surface area contributed by atoms with Gasteiger partial charge >= 0.3 is 5.97 Å². The predicted molar refractivity (Wildman–Crippen MR) is 70.1 cm³/mol. The summed E-state index contributed by atoms with van der Waals surface area (Å²) in [5.41, 5.74) is -0.0936. The highest BCUT2D eigenvalue weighted by Crippen LogP contribution is 2.17. The van der Waals surface area contributed by atoms with Crippen molar-refractivity contribution in [1.29, 1.82) is 0 Å². The van der Waals surface area contributed by atoms with E-state index in [1.165, 1.54) is 12.8 Å². The molecule has 0 saturated carbocycles. The molecule has 0 spiro atoms. The van der Waals surface area contributed by atoms with Crippen LogP contribution in [0, 0.1) is 5.82 Å². The van der Waals surface area contributed by atoms with Crippen LogP contribution >= 0.6 is 0 Å². The van der Waals surface area contributed by atoms with Crippen molar-refractivity contribution in [3.63, 3.8) is 0 Å². The molecular formula is C13H18FN3O2. The van der Waals surface area contributed by atoms with E-state index in [1.54, 1.807) is 11.9 Å². The van der Waals surface area contributed by atoms with Crippen LogP contribution in [-0.2, 0) is 0 Å². The van der Waals surface area contributed by atoms with Crippen LogP contribution < -0.4 is 4.90 Å². The summed E-state index contributed by atoms with van der Waals surface area (Å²) in [6.07, 6.45) is 3.49. The van der Waals surface area contributed by atoms with Crippen molar-refractivity contribution in [3.8, 4) is 0 Å². The van der Waals surface area contributed by atoms with Crippen LogP contribution in [0.1, 0.15) is 23.2 Å². The van der Waals surface area contributed by atoms with Crippen LogP contribution in [0.4, 0.5) is 10.2 Å². The van der Waals surface area contributed by atoms with Gasteiger partial charge in [0.2, 0.25) is 0 Å². The molecule has 0 bridgehead atoms. The molecule has 19 heavy (non-hydrogen) atoms. The van der Waals surface area contributed by atoms with Crippen LogP contribution in [0.15, 0.2) is 12.3 Å². The fourth-order valence-electron chi connectivity index (χ4n) is 2.30. The van der Waals surface area contributed by atoms with Gasteiger partial charge in [0.05, 0.1) is 6.20 Å². The first-order valence-electron chi connectivity index (χ1n) is 6.40. The fourth-order valence-corrected chi connectivity index (χ4v) is 2.30. The van der Waals surface area contributed by atoms with E-state index in [-0.39, 0.29) is 5.56 Å². The first kappa shape index (κ1) is 13.7. The van der Waals surface area contributed by atoms with Gasteiger partial charge in [0.1, 0.15) is 17.2 Å². The molecule has 0 unspecified atom stereocenters. The lowest BCUT2D eigenvalue weighted by Crippen LogP contribution is -2.32. The number of likely N-dealkylation sites (N-methyl/N-ethyl adjacent to an activating group) is 1. The number of carboxylic acids is 1. The predicted octanol–water partition coefficient (Wildman–Crippen LogP) is 1.45. The van der Waals surface area contributed by atoms with Crippen molar-refractivity contribution in [2.75, 3.05) is 38.1 Å². The van der Waals surface area contributed by atoms with Gasteiger partial charge in [-0.1, -0.05) is 0 Å². The molecule has 1 aliphatic rings. The van der Waals surface area contributed by atoms with E-state index in [0.717, 1.165) is 31.9 Å². The highest BCUT2D eigenvalue weighted by Gasteiger charge is 2.18. The van der Waals surface area contributed by atoms with Crippen molar-refractivity contribution in [2.45, 2.75) is 12.8 Å². The largest absolute Gasteiger partial charge is 0.478 e. The van der Waals surface area contributed by atoms with Crippen molar-refractivity contribution >= 4 is 11.8 Å². The number of aromatic nitrogens is 1. The van der Waals surface area contributed by atoms with Gasteiger partial charge in [0.25, 0.3) is 0 Å².